The van der Waals surface area contributed by atoms with Gasteiger partial charge in [0.05, 0.1) is 30.8 Å². The van der Waals surface area contributed by atoms with Gasteiger partial charge in [0.15, 0.2) is 0 Å². The number of benzene rings is 2. The lowest BCUT2D eigenvalue weighted by atomic mass is 10.1. The fourth-order valence-electron chi connectivity index (χ4n) is 3.55. The quantitative estimate of drug-likeness (QED) is 0.159. The number of carbonyl (C=O) groups excluding carboxylic acids is 3. The number of nitrogens with one attached hydrogen (secondary N) is 3. The highest BCUT2D eigenvalue weighted by atomic mass is 31.2. The summed E-state index contributed by atoms with van der Waals surface area (Å²) in [6.07, 6.45) is 0.839. The first-order valence-electron chi connectivity index (χ1n) is 13.0. The first-order valence-corrected chi connectivity index (χ1v) is 14.7. The molecule has 2 aromatic carbocycles. The van der Waals surface area contributed by atoms with Gasteiger partial charge in [-0.15, -0.1) is 0 Å². The number of amides is 3. The maximum atomic E-state index is 12.5. The third-order valence-corrected chi connectivity index (χ3v) is 7.69. The first-order chi connectivity index (χ1) is 19.7. The van der Waals surface area contributed by atoms with Crippen LogP contribution in [0, 0.1) is 0 Å². The number of hydrogen-bond acceptors (Lipinski definition) is 9. The maximum Gasteiger partial charge on any atom is 0.407 e. The molecule has 0 aliphatic carbocycles. The molecule has 0 bridgehead atoms. The van der Waals surface area contributed by atoms with E-state index in [2.05, 4.69) is 20.9 Å². The van der Waals surface area contributed by atoms with E-state index in [0.717, 1.165) is 5.56 Å². The van der Waals surface area contributed by atoms with E-state index in [4.69, 9.17) is 19.5 Å². The highest BCUT2D eigenvalue weighted by Gasteiger charge is 2.23. The van der Waals surface area contributed by atoms with E-state index in [1.165, 1.54) is 12.3 Å². The van der Waals surface area contributed by atoms with Crippen LogP contribution in [-0.4, -0.2) is 48.8 Å². The van der Waals surface area contributed by atoms with Crippen LogP contribution in [0.15, 0.2) is 66.9 Å². The number of para-hydroxylation sites is 2. The highest BCUT2D eigenvalue weighted by molar-refractivity contribution is 7.53. The van der Waals surface area contributed by atoms with Gasteiger partial charge in [-0.25, -0.2) is 4.79 Å². The second-order valence-electron chi connectivity index (χ2n) is 8.65. The molecule has 1 aromatic heterocycles. The molecular weight excluding hydrogens is 549 g/mol. The number of hydrogen-bond donors (Lipinski definition) is 4. The SMILES string of the molecule is CCOP(=O)(CCNC(=O)c1ccc(COC(=O)NCc2ccc(C(=O)Nc3ccccc3N)cc2)cn1)OCC. The van der Waals surface area contributed by atoms with Crippen LogP contribution in [-0.2, 0) is 31.5 Å². The third-order valence-electron chi connectivity index (χ3n) is 5.61. The summed E-state index contributed by atoms with van der Waals surface area (Å²) in [6, 6.07) is 16.8. The summed E-state index contributed by atoms with van der Waals surface area (Å²) in [6.45, 7) is 4.17. The van der Waals surface area contributed by atoms with Crippen molar-refractivity contribution >= 4 is 36.9 Å². The minimum atomic E-state index is -3.25. The van der Waals surface area contributed by atoms with Crippen LogP contribution < -0.4 is 21.7 Å². The van der Waals surface area contributed by atoms with Gasteiger partial charge in [0.2, 0.25) is 0 Å². The Hall–Kier alpha value is -4.25. The predicted octanol–water partition coefficient (Wildman–Crippen LogP) is 4.34. The Morgan fingerprint density at radius 2 is 1.56 bits per heavy atom. The zero-order valence-electron chi connectivity index (χ0n) is 22.9. The Kier molecular flexibility index (Phi) is 11.8. The third kappa shape index (κ3) is 10.0. The Bertz CT molecular complexity index is 1360. The normalized spacial score (nSPS) is 11.0. The van der Waals surface area contributed by atoms with Crippen molar-refractivity contribution in [1.82, 2.24) is 15.6 Å². The van der Waals surface area contributed by atoms with Crippen molar-refractivity contribution in [2.45, 2.75) is 27.0 Å². The lowest BCUT2D eigenvalue weighted by molar-refractivity contribution is 0.0949. The predicted molar refractivity (Wildman–Crippen MR) is 155 cm³/mol. The summed E-state index contributed by atoms with van der Waals surface area (Å²) >= 11 is 0. The Morgan fingerprint density at radius 1 is 0.878 bits per heavy atom. The molecule has 12 nitrogen and oxygen atoms in total. The van der Waals surface area contributed by atoms with Crippen LogP contribution in [0.25, 0.3) is 0 Å². The Labute approximate surface area is 238 Å². The number of nitrogens with two attached hydrogens (primary N) is 1. The van der Waals surface area contributed by atoms with E-state index in [1.807, 2.05) is 0 Å². The molecule has 3 rings (SSSR count). The average molecular weight is 584 g/mol. The number of nitrogen functional groups attached to an aromatic ring is 1. The smallest absolute Gasteiger partial charge is 0.407 e. The monoisotopic (exact) mass is 583 g/mol. The molecular formula is C28H34N5O7P. The molecule has 0 atom stereocenters. The second kappa shape index (κ2) is 15.5. The standard InChI is InChI=1S/C28H34N5O7P/c1-3-39-41(37,40-4-2)16-15-30-27(35)25-14-11-21(18-31-25)19-38-28(36)32-17-20-9-12-22(13-10-20)26(34)33-24-8-6-5-7-23(24)29/h5-14,18H,3-4,15-17,19,29H2,1-2H3,(H,30,35)(H,32,36)(H,33,34). The number of nitrogens with zero attached hydrogens (tertiary/aromatic N) is 1. The zero-order chi connectivity index (χ0) is 29.7. The molecule has 0 saturated heterocycles. The van der Waals surface area contributed by atoms with Crippen LogP contribution in [0.2, 0.25) is 0 Å². The van der Waals surface area contributed by atoms with Crippen LogP contribution in [0.5, 0.6) is 0 Å². The molecule has 218 valence electrons. The summed E-state index contributed by atoms with van der Waals surface area (Å²) in [5.41, 5.74) is 8.82. The zero-order valence-corrected chi connectivity index (χ0v) is 23.8. The fourth-order valence-corrected chi connectivity index (χ4v) is 5.06. The Balaban J connectivity index is 1.39. The van der Waals surface area contributed by atoms with Crippen molar-refractivity contribution < 1.29 is 32.7 Å². The maximum absolute atomic E-state index is 12.5. The summed E-state index contributed by atoms with van der Waals surface area (Å²) in [5.74, 6) is -0.740. The molecule has 0 unspecified atom stereocenters. The molecule has 1 heterocycles. The number of ether oxygens (including phenoxy) is 1. The molecule has 5 N–H and O–H groups in total. The van der Waals surface area contributed by atoms with E-state index in [0.29, 0.717) is 22.5 Å². The van der Waals surface area contributed by atoms with Gasteiger partial charge >= 0.3 is 13.7 Å². The summed E-state index contributed by atoms with van der Waals surface area (Å²) < 4.78 is 28.1. The molecule has 3 aromatic rings. The van der Waals surface area contributed by atoms with Crippen LogP contribution in [0.3, 0.4) is 0 Å². The van der Waals surface area contributed by atoms with Gasteiger partial charge < -0.3 is 35.5 Å². The van der Waals surface area contributed by atoms with Crippen molar-refractivity contribution in [2.24, 2.45) is 0 Å². The molecule has 13 heteroatoms. The first kappa shape index (κ1) is 31.3. The van der Waals surface area contributed by atoms with Gasteiger partial charge in [-0.1, -0.05) is 30.3 Å². The van der Waals surface area contributed by atoms with E-state index >= 15 is 0 Å². The van der Waals surface area contributed by atoms with Gasteiger partial charge in [-0.05, 0) is 49.7 Å². The van der Waals surface area contributed by atoms with E-state index < -0.39 is 19.6 Å². The summed E-state index contributed by atoms with van der Waals surface area (Å²) in [4.78, 5) is 41.0. The lowest BCUT2D eigenvalue weighted by Gasteiger charge is -2.16. The van der Waals surface area contributed by atoms with Crippen molar-refractivity contribution in [2.75, 3.05) is 37.0 Å². The van der Waals surface area contributed by atoms with Gasteiger partial charge in [0, 0.05) is 30.4 Å². The molecule has 3 amide bonds. The van der Waals surface area contributed by atoms with Crippen LogP contribution in [0.1, 0.15) is 45.8 Å². The fraction of sp³-hybridized carbons (Fsp3) is 0.286. The Morgan fingerprint density at radius 3 is 2.20 bits per heavy atom. The molecule has 0 saturated carbocycles. The van der Waals surface area contributed by atoms with E-state index in [9.17, 15) is 18.9 Å². The van der Waals surface area contributed by atoms with Gasteiger partial charge in [-0.2, -0.15) is 0 Å². The van der Waals surface area contributed by atoms with Gasteiger partial charge in [-0.3, -0.25) is 19.1 Å². The average Bonchev–Trinajstić information content (AvgIpc) is 2.97. The second-order valence-corrected chi connectivity index (χ2v) is 10.8. The van der Waals surface area contributed by atoms with Gasteiger partial charge in [0.1, 0.15) is 12.3 Å². The molecule has 0 aliphatic rings. The van der Waals surface area contributed by atoms with Crippen molar-refractivity contribution in [3.63, 3.8) is 0 Å². The molecule has 41 heavy (non-hydrogen) atoms. The van der Waals surface area contributed by atoms with Crippen molar-refractivity contribution in [3.8, 4) is 0 Å². The number of pyridine rings is 1. The topological polar surface area (TPSA) is 171 Å². The summed E-state index contributed by atoms with van der Waals surface area (Å²) in [7, 11) is -3.25. The van der Waals surface area contributed by atoms with Crippen molar-refractivity contribution in [3.05, 3.63) is 89.2 Å². The lowest BCUT2D eigenvalue weighted by Crippen LogP contribution is -2.27. The number of aromatic nitrogens is 1. The highest BCUT2D eigenvalue weighted by Crippen LogP contribution is 2.47. The number of alkyl carbamates (subject to hydrolysis) is 1. The minimum Gasteiger partial charge on any atom is -0.445 e. The molecule has 0 aliphatic heterocycles. The largest absolute Gasteiger partial charge is 0.445 e. The summed E-state index contributed by atoms with van der Waals surface area (Å²) in [5, 5.41) is 8.04. The molecule has 0 radical (unpaired) electrons. The molecule has 0 spiro atoms. The minimum absolute atomic E-state index is 0.0464. The van der Waals surface area contributed by atoms with E-state index in [1.54, 1.807) is 68.4 Å². The van der Waals surface area contributed by atoms with Crippen molar-refractivity contribution in [1.29, 1.82) is 0 Å². The van der Waals surface area contributed by atoms with Crippen LogP contribution in [0.4, 0.5) is 16.2 Å². The van der Waals surface area contributed by atoms with Crippen LogP contribution >= 0.6 is 7.60 Å². The van der Waals surface area contributed by atoms with E-state index in [-0.39, 0.29) is 50.7 Å². The van der Waals surface area contributed by atoms with Gasteiger partial charge in [0.25, 0.3) is 11.8 Å². The molecule has 0 fully saturated rings. The number of carbonyl (C=O) groups is 3. The number of anilines is 2. The number of rotatable bonds is 14.